The molecule has 1 saturated carbocycles. The predicted molar refractivity (Wildman–Crippen MR) is 85.6 cm³/mol. The highest BCUT2D eigenvalue weighted by Crippen LogP contribution is 2.28. The zero-order valence-electron chi connectivity index (χ0n) is 12.2. The Morgan fingerprint density at radius 2 is 1.86 bits per heavy atom. The molecule has 1 aromatic rings. The van der Waals surface area contributed by atoms with Crippen LogP contribution in [0.25, 0.3) is 0 Å². The summed E-state index contributed by atoms with van der Waals surface area (Å²) in [7, 11) is 0. The summed E-state index contributed by atoms with van der Waals surface area (Å²) in [5.41, 5.74) is 7.11. The number of nitrogens with zero attached hydrogens (tertiary/aromatic N) is 2. The Hall–Kier alpha value is -1.26. The molecule has 4 nitrogen and oxygen atoms in total. The lowest BCUT2D eigenvalue weighted by Crippen LogP contribution is -2.52. The minimum absolute atomic E-state index is 0.0388. The molecule has 114 valence electrons. The summed E-state index contributed by atoms with van der Waals surface area (Å²) in [5.74, 6) is 0.288. The lowest BCUT2D eigenvalue weighted by Gasteiger charge is -2.38. The maximum atomic E-state index is 12.5. The van der Waals surface area contributed by atoms with Crippen molar-refractivity contribution in [3.05, 3.63) is 29.3 Å². The maximum absolute atomic E-state index is 12.5. The molecule has 21 heavy (non-hydrogen) atoms. The van der Waals surface area contributed by atoms with Crippen molar-refractivity contribution in [1.29, 1.82) is 0 Å². The van der Waals surface area contributed by atoms with Crippen LogP contribution in [0.5, 0.6) is 0 Å². The van der Waals surface area contributed by atoms with Crippen molar-refractivity contribution in [2.75, 3.05) is 31.1 Å². The van der Waals surface area contributed by atoms with Gasteiger partial charge in [0.2, 0.25) is 5.91 Å². The van der Waals surface area contributed by atoms with Crippen molar-refractivity contribution in [2.45, 2.75) is 25.3 Å². The van der Waals surface area contributed by atoms with Gasteiger partial charge in [-0.2, -0.15) is 0 Å². The second-order valence-corrected chi connectivity index (χ2v) is 6.37. The van der Waals surface area contributed by atoms with Crippen LogP contribution >= 0.6 is 11.6 Å². The number of hydrogen-bond donors (Lipinski definition) is 1. The summed E-state index contributed by atoms with van der Waals surface area (Å²) in [5, 5.41) is 0.773. The predicted octanol–water partition coefficient (Wildman–Crippen LogP) is 2.12. The fourth-order valence-corrected chi connectivity index (χ4v) is 3.66. The van der Waals surface area contributed by atoms with Crippen LogP contribution in [0, 0.1) is 5.92 Å². The number of anilines is 1. The van der Waals surface area contributed by atoms with Gasteiger partial charge in [0.25, 0.3) is 0 Å². The van der Waals surface area contributed by atoms with E-state index in [9.17, 15) is 4.79 Å². The molecule has 1 aromatic carbocycles. The molecule has 0 unspecified atom stereocenters. The Balaban J connectivity index is 1.60. The Morgan fingerprint density at radius 3 is 2.48 bits per heavy atom. The first-order chi connectivity index (χ1) is 10.2. The number of piperazine rings is 1. The average Bonchev–Trinajstić information content (AvgIpc) is 2.93. The topological polar surface area (TPSA) is 49.6 Å². The van der Waals surface area contributed by atoms with Gasteiger partial charge in [-0.15, -0.1) is 0 Å². The maximum Gasteiger partial charge on any atom is 0.227 e. The molecule has 3 rings (SSSR count). The standard InChI is InChI=1S/C16H22ClN3O/c17-13-5-1-2-7-15(13)19-8-10-20(11-9-19)16(21)12-4-3-6-14(12)18/h1-2,5,7,12,14H,3-4,6,8-11,18H2/t12-,14+/m0/s1. The summed E-state index contributed by atoms with van der Waals surface area (Å²) in [6.45, 7) is 3.18. The van der Waals surface area contributed by atoms with E-state index in [2.05, 4.69) is 4.90 Å². The molecule has 0 bridgehead atoms. The van der Waals surface area contributed by atoms with E-state index in [1.54, 1.807) is 0 Å². The van der Waals surface area contributed by atoms with Gasteiger partial charge in [0.15, 0.2) is 0 Å². The number of amides is 1. The zero-order valence-corrected chi connectivity index (χ0v) is 12.9. The number of halogens is 1. The van der Waals surface area contributed by atoms with Gasteiger partial charge < -0.3 is 15.5 Å². The van der Waals surface area contributed by atoms with Crippen LogP contribution in [-0.2, 0) is 4.79 Å². The molecule has 1 saturated heterocycles. The summed E-state index contributed by atoms with van der Waals surface area (Å²) in [4.78, 5) is 16.7. The van der Waals surface area contributed by atoms with Crippen LogP contribution < -0.4 is 10.6 Å². The highest BCUT2D eigenvalue weighted by atomic mass is 35.5. The molecule has 0 spiro atoms. The van der Waals surface area contributed by atoms with Gasteiger partial charge in [-0.05, 0) is 25.0 Å². The van der Waals surface area contributed by atoms with Crippen molar-refractivity contribution in [2.24, 2.45) is 11.7 Å². The monoisotopic (exact) mass is 307 g/mol. The van der Waals surface area contributed by atoms with E-state index in [0.717, 1.165) is 56.2 Å². The lowest BCUT2D eigenvalue weighted by molar-refractivity contribution is -0.136. The summed E-state index contributed by atoms with van der Waals surface area (Å²) >= 11 is 6.24. The molecule has 1 aliphatic carbocycles. The Kier molecular flexibility index (Phi) is 4.36. The number of carbonyl (C=O) groups is 1. The summed E-state index contributed by atoms with van der Waals surface area (Å²) in [6, 6.07) is 7.93. The van der Waals surface area contributed by atoms with E-state index < -0.39 is 0 Å². The van der Waals surface area contributed by atoms with Crippen molar-refractivity contribution in [3.8, 4) is 0 Å². The molecule has 0 radical (unpaired) electrons. The van der Waals surface area contributed by atoms with E-state index in [1.165, 1.54) is 0 Å². The van der Waals surface area contributed by atoms with Crippen LogP contribution in [0.2, 0.25) is 5.02 Å². The van der Waals surface area contributed by atoms with E-state index in [4.69, 9.17) is 17.3 Å². The van der Waals surface area contributed by atoms with Gasteiger partial charge in [0, 0.05) is 32.2 Å². The molecule has 1 amide bonds. The van der Waals surface area contributed by atoms with Gasteiger partial charge in [0.05, 0.1) is 16.6 Å². The SMILES string of the molecule is N[C@@H]1CCC[C@@H]1C(=O)N1CCN(c2ccccc2Cl)CC1. The fraction of sp³-hybridized carbons (Fsp3) is 0.562. The minimum atomic E-state index is 0.0388. The minimum Gasteiger partial charge on any atom is -0.367 e. The van der Waals surface area contributed by atoms with Crippen molar-refractivity contribution >= 4 is 23.2 Å². The second-order valence-electron chi connectivity index (χ2n) is 5.96. The largest absolute Gasteiger partial charge is 0.367 e. The molecule has 1 heterocycles. The van der Waals surface area contributed by atoms with Gasteiger partial charge >= 0.3 is 0 Å². The summed E-state index contributed by atoms with van der Waals surface area (Å²) < 4.78 is 0. The van der Waals surface area contributed by atoms with E-state index in [0.29, 0.717) is 0 Å². The molecule has 1 aliphatic heterocycles. The van der Waals surface area contributed by atoms with Gasteiger partial charge in [-0.3, -0.25) is 4.79 Å². The van der Waals surface area contributed by atoms with Crippen LogP contribution in [0.4, 0.5) is 5.69 Å². The summed E-state index contributed by atoms with van der Waals surface area (Å²) in [6.07, 6.45) is 3.01. The number of benzene rings is 1. The van der Waals surface area contributed by atoms with E-state index in [-0.39, 0.29) is 17.9 Å². The van der Waals surface area contributed by atoms with Gasteiger partial charge in [-0.25, -0.2) is 0 Å². The molecular formula is C16H22ClN3O. The number of para-hydroxylation sites is 1. The third-order valence-corrected chi connectivity index (χ3v) is 4.99. The molecule has 2 N–H and O–H groups in total. The molecule has 2 atom stereocenters. The average molecular weight is 308 g/mol. The van der Waals surface area contributed by atoms with Gasteiger partial charge in [0.1, 0.15) is 0 Å². The van der Waals surface area contributed by atoms with E-state index >= 15 is 0 Å². The number of rotatable bonds is 2. The molecule has 0 aromatic heterocycles. The van der Waals surface area contributed by atoms with Crippen molar-refractivity contribution in [3.63, 3.8) is 0 Å². The normalized spacial score (nSPS) is 26.2. The second kappa shape index (κ2) is 6.24. The highest BCUT2D eigenvalue weighted by Gasteiger charge is 2.34. The molecular weight excluding hydrogens is 286 g/mol. The van der Waals surface area contributed by atoms with Crippen LogP contribution in [0.1, 0.15) is 19.3 Å². The van der Waals surface area contributed by atoms with Crippen molar-refractivity contribution in [1.82, 2.24) is 4.90 Å². The van der Waals surface area contributed by atoms with Gasteiger partial charge in [-0.1, -0.05) is 30.2 Å². The Bertz CT molecular complexity index is 514. The number of hydrogen-bond acceptors (Lipinski definition) is 3. The van der Waals surface area contributed by atoms with Crippen LogP contribution in [0.15, 0.2) is 24.3 Å². The first-order valence-electron chi connectivity index (χ1n) is 7.70. The smallest absolute Gasteiger partial charge is 0.227 e. The van der Waals surface area contributed by atoms with E-state index in [1.807, 2.05) is 29.2 Å². The first kappa shape index (κ1) is 14.7. The third kappa shape index (κ3) is 3.01. The first-order valence-corrected chi connectivity index (χ1v) is 8.08. The fourth-order valence-electron chi connectivity index (χ4n) is 3.41. The van der Waals surface area contributed by atoms with Crippen LogP contribution in [0.3, 0.4) is 0 Å². The molecule has 2 aliphatic rings. The van der Waals surface area contributed by atoms with Crippen LogP contribution in [-0.4, -0.2) is 43.0 Å². The van der Waals surface area contributed by atoms with Crippen molar-refractivity contribution < 1.29 is 4.79 Å². The lowest BCUT2D eigenvalue weighted by atomic mass is 10.0. The molecule has 2 fully saturated rings. The zero-order chi connectivity index (χ0) is 14.8. The number of nitrogens with two attached hydrogens (primary N) is 1. The quantitative estimate of drug-likeness (QED) is 0.910. The molecule has 5 heteroatoms. The highest BCUT2D eigenvalue weighted by molar-refractivity contribution is 6.33. The Labute approximate surface area is 130 Å². The number of carbonyl (C=O) groups excluding carboxylic acids is 1. The Morgan fingerprint density at radius 1 is 1.14 bits per heavy atom. The third-order valence-electron chi connectivity index (χ3n) is 4.67.